The molecule has 0 radical (unpaired) electrons. The number of hydrogen-bond donors (Lipinski definition) is 1. The zero-order valence-electron chi connectivity index (χ0n) is 20.0. The van der Waals surface area contributed by atoms with Gasteiger partial charge in [0.05, 0.1) is 10.5 Å². The van der Waals surface area contributed by atoms with Gasteiger partial charge in [0, 0.05) is 50.7 Å². The van der Waals surface area contributed by atoms with Crippen LogP contribution in [0.1, 0.15) is 57.3 Å². The first-order chi connectivity index (χ1) is 16.2. The number of carbonyl (C=O) groups excluding carboxylic acids is 2. The maximum Gasteiger partial charge on any atom is 0.257 e. The molecule has 0 atom stereocenters. The van der Waals surface area contributed by atoms with Crippen LogP contribution in [0.3, 0.4) is 0 Å². The van der Waals surface area contributed by atoms with Crippen molar-refractivity contribution in [3.8, 4) is 0 Å². The molecular weight excluding hydrogens is 472 g/mol. The molecule has 0 bridgehead atoms. The maximum absolute atomic E-state index is 13.4. The van der Waals surface area contributed by atoms with Crippen LogP contribution in [0.5, 0.6) is 0 Å². The van der Waals surface area contributed by atoms with Gasteiger partial charge < -0.3 is 10.2 Å². The summed E-state index contributed by atoms with van der Waals surface area (Å²) in [7, 11) is -0.634. The molecule has 0 unspecified atom stereocenters. The van der Waals surface area contributed by atoms with E-state index in [0.717, 1.165) is 73.2 Å². The van der Waals surface area contributed by atoms with E-state index >= 15 is 0 Å². The van der Waals surface area contributed by atoms with Gasteiger partial charge in [-0.1, -0.05) is 6.92 Å². The van der Waals surface area contributed by atoms with E-state index in [1.54, 1.807) is 0 Å². The van der Waals surface area contributed by atoms with Crippen molar-refractivity contribution in [1.82, 2.24) is 14.1 Å². The molecular formula is C24H32N4O4S2. The quantitative estimate of drug-likeness (QED) is 0.625. The van der Waals surface area contributed by atoms with Gasteiger partial charge in [-0.15, -0.1) is 11.3 Å². The average Bonchev–Trinajstić information content (AvgIpc) is 3.46. The number of benzene rings is 1. The molecule has 2 aliphatic heterocycles. The molecule has 0 aliphatic carbocycles. The molecule has 10 heteroatoms. The minimum Gasteiger partial charge on any atom is -0.339 e. The third kappa shape index (κ3) is 4.91. The Labute approximate surface area is 205 Å². The molecule has 0 spiro atoms. The van der Waals surface area contributed by atoms with Crippen molar-refractivity contribution in [2.45, 2.75) is 44.0 Å². The van der Waals surface area contributed by atoms with Crippen molar-refractivity contribution in [3.05, 3.63) is 45.8 Å². The van der Waals surface area contributed by atoms with Crippen LogP contribution in [0.25, 0.3) is 0 Å². The van der Waals surface area contributed by atoms with Crippen molar-refractivity contribution in [2.75, 3.05) is 45.6 Å². The third-order valence-electron chi connectivity index (χ3n) is 6.41. The molecule has 34 heavy (non-hydrogen) atoms. The second-order valence-corrected chi connectivity index (χ2v) is 12.3. The predicted molar refractivity (Wildman–Crippen MR) is 134 cm³/mol. The normalized spacial score (nSPS) is 16.6. The molecule has 1 saturated heterocycles. The van der Waals surface area contributed by atoms with Gasteiger partial charge in [0.15, 0.2) is 0 Å². The zero-order valence-corrected chi connectivity index (χ0v) is 21.6. The lowest BCUT2D eigenvalue weighted by molar-refractivity contribution is 0.0792. The number of fused-ring (bicyclic) bond motifs is 1. The van der Waals surface area contributed by atoms with Gasteiger partial charge in [0.2, 0.25) is 10.0 Å². The molecule has 184 valence electrons. The Morgan fingerprint density at radius 2 is 1.76 bits per heavy atom. The Kier molecular flexibility index (Phi) is 7.42. The number of thiophene rings is 1. The zero-order chi connectivity index (χ0) is 24.5. The molecule has 4 rings (SSSR count). The van der Waals surface area contributed by atoms with Crippen LogP contribution in [-0.2, 0) is 23.0 Å². The van der Waals surface area contributed by atoms with Crippen LogP contribution in [0, 0.1) is 0 Å². The number of anilines is 1. The van der Waals surface area contributed by atoms with Crippen molar-refractivity contribution in [3.63, 3.8) is 0 Å². The number of amides is 2. The van der Waals surface area contributed by atoms with E-state index in [4.69, 9.17) is 0 Å². The smallest absolute Gasteiger partial charge is 0.257 e. The second-order valence-electron chi connectivity index (χ2n) is 9.00. The van der Waals surface area contributed by atoms with Gasteiger partial charge in [-0.3, -0.25) is 14.5 Å². The lowest BCUT2D eigenvalue weighted by atomic mass is 10.0. The molecule has 2 aliphatic rings. The monoisotopic (exact) mass is 504 g/mol. The summed E-state index contributed by atoms with van der Waals surface area (Å²) in [5.41, 5.74) is 2.05. The highest BCUT2D eigenvalue weighted by Crippen LogP contribution is 2.38. The number of likely N-dealkylation sites (tertiary alicyclic amines) is 1. The van der Waals surface area contributed by atoms with Gasteiger partial charge in [0.1, 0.15) is 5.00 Å². The number of nitrogens with one attached hydrogen (secondary N) is 1. The van der Waals surface area contributed by atoms with Gasteiger partial charge >= 0.3 is 0 Å². The Morgan fingerprint density at radius 1 is 1.09 bits per heavy atom. The van der Waals surface area contributed by atoms with E-state index < -0.39 is 10.0 Å². The summed E-state index contributed by atoms with van der Waals surface area (Å²) in [5, 5.41) is 3.56. The Morgan fingerprint density at radius 3 is 2.38 bits per heavy atom. The first-order valence-electron chi connectivity index (χ1n) is 11.7. The molecule has 2 aromatic rings. The van der Waals surface area contributed by atoms with Gasteiger partial charge in [-0.2, -0.15) is 0 Å². The fourth-order valence-corrected chi connectivity index (χ4v) is 6.70. The minimum absolute atomic E-state index is 0.00154. The summed E-state index contributed by atoms with van der Waals surface area (Å²) >= 11 is 1.49. The summed E-state index contributed by atoms with van der Waals surface area (Å²) in [6.07, 6.45) is 3.88. The molecule has 2 amide bonds. The summed E-state index contributed by atoms with van der Waals surface area (Å²) in [4.78, 5) is 32.1. The van der Waals surface area contributed by atoms with E-state index in [1.165, 1.54) is 49.7 Å². The minimum atomic E-state index is -3.57. The lowest BCUT2D eigenvalue weighted by Gasteiger charge is -2.27. The molecule has 1 aromatic heterocycles. The average molecular weight is 505 g/mol. The molecule has 0 saturated carbocycles. The first-order valence-corrected chi connectivity index (χ1v) is 14.0. The van der Waals surface area contributed by atoms with Crippen LogP contribution >= 0.6 is 11.3 Å². The van der Waals surface area contributed by atoms with Crippen molar-refractivity contribution in [2.24, 2.45) is 0 Å². The fourth-order valence-electron chi connectivity index (χ4n) is 4.52. The van der Waals surface area contributed by atoms with Gasteiger partial charge in [-0.25, -0.2) is 12.7 Å². The summed E-state index contributed by atoms with van der Waals surface area (Å²) in [6.45, 7) is 6.37. The van der Waals surface area contributed by atoms with Crippen LogP contribution in [0.2, 0.25) is 0 Å². The van der Waals surface area contributed by atoms with Crippen LogP contribution in [-0.4, -0.2) is 74.6 Å². The van der Waals surface area contributed by atoms with E-state index in [1.807, 2.05) is 4.90 Å². The largest absolute Gasteiger partial charge is 0.339 e. The molecule has 1 fully saturated rings. The van der Waals surface area contributed by atoms with Crippen molar-refractivity contribution >= 4 is 38.2 Å². The maximum atomic E-state index is 13.4. The van der Waals surface area contributed by atoms with Crippen molar-refractivity contribution in [1.29, 1.82) is 0 Å². The van der Waals surface area contributed by atoms with Gasteiger partial charge in [-0.05, 0) is 62.1 Å². The van der Waals surface area contributed by atoms with E-state index in [0.29, 0.717) is 16.1 Å². The number of carbonyl (C=O) groups is 2. The third-order valence-corrected chi connectivity index (χ3v) is 9.37. The lowest BCUT2D eigenvalue weighted by Crippen LogP contribution is -2.33. The SMILES string of the molecule is CCCN1CCc2c(sc(NC(=O)c3ccc(S(=O)(=O)N(C)C)cc3)c2C(=O)N2CCCC2)C1. The van der Waals surface area contributed by atoms with Crippen LogP contribution in [0.15, 0.2) is 29.2 Å². The van der Waals surface area contributed by atoms with Gasteiger partial charge in [0.25, 0.3) is 11.8 Å². The fraction of sp³-hybridized carbons (Fsp3) is 0.500. The first kappa shape index (κ1) is 24.8. The number of sulfonamides is 1. The Hall–Kier alpha value is -2.27. The van der Waals surface area contributed by atoms with E-state index in [9.17, 15) is 18.0 Å². The molecule has 8 nitrogen and oxygen atoms in total. The van der Waals surface area contributed by atoms with E-state index in [2.05, 4.69) is 17.1 Å². The van der Waals surface area contributed by atoms with Crippen LogP contribution < -0.4 is 5.32 Å². The number of hydrogen-bond acceptors (Lipinski definition) is 6. The highest BCUT2D eigenvalue weighted by molar-refractivity contribution is 7.89. The Balaban J connectivity index is 1.62. The molecule has 1 aromatic carbocycles. The van der Waals surface area contributed by atoms with Crippen LogP contribution in [0.4, 0.5) is 5.00 Å². The highest BCUT2D eigenvalue weighted by Gasteiger charge is 2.32. The standard InChI is InChI=1S/C24H32N4O4S2/c1-4-12-27-15-11-19-20(16-27)33-23(21(19)24(30)28-13-5-6-14-28)25-22(29)17-7-9-18(10-8-17)34(31,32)26(2)3/h7-10H,4-6,11-16H2,1-3H3,(H,25,29). The predicted octanol–water partition coefficient (Wildman–Crippen LogP) is 3.25. The number of nitrogens with zero attached hydrogens (tertiary/aromatic N) is 3. The molecule has 3 heterocycles. The summed E-state index contributed by atoms with van der Waals surface area (Å²) < 4.78 is 25.8. The topological polar surface area (TPSA) is 90.0 Å². The van der Waals surface area contributed by atoms with Crippen molar-refractivity contribution < 1.29 is 18.0 Å². The second kappa shape index (κ2) is 10.2. The van der Waals surface area contributed by atoms with E-state index in [-0.39, 0.29) is 16.7 Å². The molecule has 1 N–H and O–H groups in total. The Bertz CT molecular complexity index is 1170. The highest BCUT2D eigenvalue weighted by atomic mass is 32.2. The number of rotatable bonds is 7. The summed E-state index contributed by atoms with van der Waals surface area (Å²) in [6, 6.07) is 5.87. The summed E-state index contributed by atoms with van der Waals surface area (Å²) in [5.74, 6) is -0.352.